The van der Waals surface area contributed by atoms with Gasteiger partial charge in [-0.05, 0) is 55.0 Å². The molecule has 86 valence electrons. The summed E-state index contributed by atoms with van der Waals surface area (Å²) in [5.74, 6) is 0.877. The Morgan fingerprint density at radius 3 is 2.81 bits per heavy atom. The van der Waals surface area contributed by atoms with Crippen molar-refractivity contribution < 1.29 is 4.74 Å². The average Bonchev–Trinajstić information content (AvgIpc) is 2.77. The summed E-state index contributed by atoms with van der Waals surface area (Å²) in [4.78, 5) is 0. The Balaban J connectivity index is 1.69. The molecule has 2 aliphatic rings. The van der Waals surface area contributed by atoms with Gasteiger partial charge in [0.05, 0.1) is 13.2 Å². The molecule has 1 fully saturated rings. The van der Waals surface area contributed by atoms with Crippen LogP contribution in [0.1, 0.15) is 29.5 Å². The molecule has 0 aromatic heterocycles. The zero-order valence-corrected chi connectivity index (χ0v) is 9.67. The zero-order chi connectivity index (χ0) is 10.8. The van der Waals surface area contributed by atoms with Gasteiger partial charge in [0, 0.05) is 0 Å². The van der Waals surface area contributed by atoms with E-state index in [9.17, 15) is 0 Å². The third kappa shape index (κ3) is 2.13. The Morgan fingerprint density at radius 2 is 1.94 bits per heavy atom. The van der Waals surface area contributed by atoms with E-state index < -0.39 is 0 Å². The second-order valence-corrected chi connectivity index (χ2v) is 4.99. The molecule has 0 radical (unpaired) electrons. The summed E-state index contributed by atoms with van der Waals surface area (Å²) >= 11 is 0. The first-order valence-corrected chi connectivity index (χ1v) is 6.31. The predicted octanol–water partition coefficient (Wildman–Crippen LogP) is 2.26. The normalized spacial score (nSPS) is 21.0. The molecule has 2 nitrogen and oxygen atoms in total. The van der Waals surface area contributed by atoms with E-state index in [-0.39, 0.29) is 0 Å². The molecule has 3 rings (SSSR count). The van der Waals surface area contributed by atoms with Gasteiger partial charge in [0.2, 0.25) is 0 Å². The molecule has 1 N–H and O–H groups in total. The van der Waals surface area contributed by atoms with Crippen LogP contribution >= 0.6 is 0 Å². The van der Waals surface area contributed by atoms with Crippen LogP contribution in [0.25, 0.3) is 0 Å². The van der Waals surface area contributed by atoms with Gasteiger partial charge in [-0.1, -0.05) is 18.2 Å². The minimum Gasteiger partial charge on any atom is -0.372 e. The van der Waals surface area contributed by atoms with Crippen LogP contribution in [0, 0.1) is 5.92 Å². The lowest BCUT2D eigenvalue weighted by Gasteiger charge is -2.22. The summed E-state index contributed by atoms with van der Waals surface area (Å²) in [5, 5.41) is 3.42. The summed E-state index contributed by atoms with van der Waals surface area (Å²) in [6, 6.07) is 6.89. The number of hydrogen-bond acceptors (Lipinski definition) is 2. The molecule has 2 aliphatic heterocycles. The van der Waals surface area contributed by atoms with Crippen LogP contribution in [0.2, 0.25) is 0 Å². The fraction of sp³-hybridized carbons (Fsp3) is 0.571. The second-order valence-electron chi connectivity index (χ2n) is 4.99. The van der Waals surface area contributed by atoms with Gasteiger partial charge < -0.3 is 10.1 Å². The van der Waals surface area contributed by atoms with Gasteiger partial charge in [0.1, 0.15) is 0 Å². The standard InChI is InChI=1S/C14H19NO/c1-2-13-9-16-10-14(13)8-12(1)7-11-3-5-15-6-4-11/h1-2,8,11,15H,3-7,9-10H2. The van der Waals surface area contributed by atoms with Crippen LogP contribution in [0.3, 0.4) is 0 Å². The fourth-order valence-electron chi connectivity index (χ4n) is 2.77. The van der Waals surface area contributed by atoms with E-state index >= 15 is 0 Å². The van der Waals surface area contributed by atoms with Crippen molar-refractivity contribution >= 4 is 0 Å². The van der Waals surface area contributed by atoms with Crippen molar-refractivity contribution in [2.45, 2.75) is 32.5 Å². The first kappa shape index (κ1) is 10.3. The Kier molecular flexibility index (Phi) is 2.94. The third-order valence-corrected chi connectivity index (χ3v) is 3.77. The van der Waals surface area contributed by atoms with Gasteiger partial charge in [0.25, 0.3) is 0 Å². The summed E-state index contributed by atoms with van der Waals surface area (Å²) in [6.45, 7) is 4.01. The maximum atomic E-state index is 5.45. The SMILES string of the molecule is c1cc2c(cc1CC1CCNCC1)COC2. The van der Waals surface area contributed by atoms with Crippen LogP contribution in [0.4, 0.5) is 0 Å². The van der Waals surface area contributed by atoms with Crippen molar-refractivity contribution in [2.75, 3.05) is 13.1 Å². The van der Waals surface area contributed by atoms with Gasteiger partial charge in [-0.25, -0.2) is 0 Å². The maximum Gasteiger partial charge on any atom is 0.0725 e. The van der Waals surface area contributed by atoms with Crippen molar-refractivity contribution in [2.24, 2.45) is 5.92 Å². The number of rotatable bonds is 2. The highest BCUT2D eigenvalue weighted by molar-refractivity contribution is 5.33. The number of nitrogens with one attached hydrogen (secondary N) is 1. The monoisotopic (exact) mass is 217 g/mol. The minimum atomic E-state index is 0.808. The quantitative estimate of drug-likeness (QED) is 0.820. The van der Waals surface area contributed by atoms with Crippen molar-refractivity contribution in [3.8, 4) is 0 Å². The fourth-order valence-corrected chi connectivity index (χ4v) is 2.77. The third-order valence-electron chi connectivity index (χ3n) is 3.77. The van der Waals surface area contributed by atoms with Crippen molar-refractivity contribution in [1.82, 2.24) is 5.32 Å². The lowest BCUT2D eigenvalue weighted by atomic mass is 9.90. The molecule has 0 amide bonds. The van der Waals surface area contributed by atoms with Gasteiger partial charge in [-0.2, -0.15) is 0 Å². The van der Waals surface area contributed by atoms with Crippen LogP contribution in [-0.4, -0.2) is 13.1 Å². The molecule has 0 aliphatic carbocycles. The van der Waals surface area contributed by atoms with Crippen LogP contribution in [0.5, 0.6) is 0 Å². The molecule has 0 saturated carbocycles. The Morgan fingerprint density at radius 1 is 1.12 bits per heavy atom. The summed E-state index contributed by atoms with van der Waals surface area (Å²) in [5.41, 5.74) is 4.29. The molecule has 16 heavy (non-hydrogen) atoms. The van der Waals surface area contributed by atoms with E-state index in [1.54, 1.807) is 0 Å². The maximum absolute atomic E-state index is 5.45. The number of piperidine rings is 1. The van der Waals surface area contributed by atoms with E-state index in [0.29, 0.717) is 0 Å². The second kappa shape index (κ2) is 4.56. The summed E-state index contributed by atoms with van der Waals surface area (Å²) in [7, 11) is 0. The highest BCUT2D eigenvalue weighted by atomic mass is 16.5. The first-order valence-electron chi connectivity index (χ1n) is 6.31. The van der Waals surface area contributed by atoms with Crippen molar-refractivity contribution in [3.05, 3.63) is 34.9 Å². The molecular formula is C14H19NO. The molecule has 0 bridgehead atoms. The summed E-state index contributed by atoms with van der Waals surface area (Å²) in [6.07, 6.45) is 3.90. The molecule has 0 unspecified atom stereocenters. The minimum absolute atomic E-state index is 0.808. The molecule has 0 atom stereocenters. The molecular weight excluding hydrogens is 198 g/mol. The van der Waals surface area contributed by atoms with Gasteiger partial charge >= 0.3 is 0 Å². The van der Waals surface area contributed by atoms with E-state index in [1.165, 1.54) is 49.0 Å². The average molecular weight is 217 g/mol. The van der Waals surface area contributed by atoms with E-state index in [0.717, 1.165) is 19.1 Å². The number of hydrogen-bond donors (Lipinski definition) is 1. The Bertz CT molecular complexity index is 369. The highest BCUT2D eigenvalue weighted by Crippen LogP contribution is 2.24. The lowest BCUT2D eigenvalue weighted by molar-refractivity contribution is 0.134. The lowest BCUT2D eigenvalue weighted by Crippen LogP contribution is -2.28. The number of benzene rings is 1. The number of ether oxygens (including phenoxy) is 1. The van der Waals surface area contributed by atoms with Gasteiger partial charge in [0.15, 0.2) is 0 Å². The molecule has 1 aromatic carbocycles. The first-order chi connectivity index (χ1) is 7.92. The summed E-state index contributed by atoms with van der Waals surface area (Å²) < 4.78 is 5.45. The largest absolute Gasteiger partial charge is 0.372 e. The van der Waals surface area contributed by atoms with Crippen LogP contribution in [-0.2, 0) is 24.4 Å². The van der Waals surface area contributed by atoms with Crippen molar-refractivity contribution in [3.63, 3.8) is 0 Å². The van der Waals surface area contributed by atoms with Crippen LogP contribution in [0.15, 0.2) is 18.2 Å². The topological polar surface area (TPSA) is 21.3 Å². The Labute approximate surface area is 97.0 Å². The molecule has 1 saturated heterocycles. The number of fused-ring (bicyclic) bond motifs is 1. The van der Waals surface area contributed by atoms with E-state index in [2.05, 4.69) is 23.5 Å². The van der Waals surface area contributed by atoms with Crippen molar-refractivity contribution in [1.29, 1.82) is 0 Å². The molecule has 2 heterocycles. The van der Waals surface area contributed by atoms with Crippen LogP contribution < -0.4 is 5.32 Å². The molecule has 1 aromatic rings. The van der Waals surface area contributed by atoms with Gasteiger partial charge in [-0.15, -0.1) is 0 Å². The highest BCUT2D eigenvalue weighted by Gasteiger charge is 2.15. The van der Waals surface area contributed by atoms with Gasteiger partial charge in [-0.3, -0.25) is 0 Å². The smallest absolute Gasteiger partial charge is 0.0725 e. The molecule has 2 heteroatoms. The Hall–Kier alpha value is -0.860. The van der Waals surface area contributed by atoms with E-state index in [1.807, 2.05) is 0 Å². The van der Waals surface area contributed by atoms with E-state index in [4.69, 9.17) is 4.74 Å². The zero-order valence-electron chi connectivity index (χ0n) is 9.67. The molecule has 0 spiro atoms. The predicted molar refractivity (Wildman–Crippen MR) is 64.2 cm³/mol.